The molecule has 162 valence electrons. The number of carbonyl (C=O) groups is 2. The Hall–Kier alpha value is -3.48. The molecule has 2 aromatic carbocycles. The highest BCUT2D eigenvalue weighted by molar-refractivity contribution is 5.80. The number of nitrogens with zero attached hydrogens (tertiary/aromatic N) is 3. The summed E-state index contributed by atoms with van der Waals surface area (Å²) in [6.45, 7) is 4.42. The molecule has 0 atom stereocenters. The van der Waals surface area contributed by atoms with Gasteiger partial charge in [0.2, 0.25) is 5.91 Å². The second-order valence-corrected chi connectivity index (χ2v) is 7.34. The summed E-state index contributed by atoms with van der Waals surface area (Å²) in [5.74, 6) is -0.775. The van der Waals surface area contributed by atoms with E-state index in [1.165, 1.54) is 19.2 Å². The standard InChI is InChI=1S/C24H26FN3O3/c1-17-22(18(2)28(26-17)21-11-9-20(25)10-12-21)15-23(29)27(14-13-24(30)31-3)16-19-7-5-4-6-8-19/h4-12H,13-16H2,1-3H3. The zero-order valence-corrected chi connectivity index (χ0v) is 18.0. The monoisotopic (exact) mass is 423 g/mol. The average molecular weight is 423 g/mol. The number of aryl methyl sites for hydroxylation is 1. The third kappa shape index (κ3) is 5.57. The van der Waals surface area contributed by atoms with Crippen LogP contribution in [0.5, 0.6) is 0 Å². The Labute approximate surface area is 181 Å². The molecular weight excluding hydrogens is 397 g/mol. The first kappa shape index (κ1) is 22.2. The second kappa shape index (κ2) is 10.0. The molecule has 1 amide bonds. The minimum atomic E-state index is -0.359. The van der Waals surface area contributed by atoms with Crippen molar-refractivity contribution in [3.05, 3.63) is 82.9 Å². The number of rotatable bonds is 8. The zero-order chi connectivity index (χ0) is 22.4. The van der Waals surface area contributed by atoms with E-state index in [1.807, 2.05) is 44.2 Å². The van der Waals surface area contributed by atoms with Gasteiger partial charge in [0, 0.05) is 24.3 Å². The van der Waals surface area contributed by atoms with Gasteiger partial charge in [-0.3, -0.25) is 9.59 Å². The molecule has 1 heterocycles. The van der Waals surface area contributed by atoms with Gasteiger partial charge in [-0.05, 0) is 43.7 Å². The first-order valence-electron chi connectivity index (χ1n) is 10.1. The summed E-state index contributed by atoms with van der Waals surface area (Å²) in [5.41, 5.74) is 4.10. The highest BCUT2D eigenvalue weighted by Gasteiger charge is 2.21. The summed E-state index contributed by atoms with van der Waals surface area (Å²) in [6, 6.07) is 15.7. The number of carbonyl (C=O) groups excluding carboxylic acids is 2. The molecule has 7 heteroatoms. The minimum absolute atomic E-state index is 0.0994. The summed E-state index contributed by atoms with van der Waals surface area (Å²) in [4.78, 5) is 26.5. The number of aromatic nitrogens is 2. The molecule has 1 aromatic heterocycles. The van der Waals surface area contributed by atoms with Crippen molar-refractivity contribution in [3.8, 4) is 5.69 Å². The van der Waals surface area contributed by atoms with Gasteiger partial charge in [-0.25, -0.2) is 9.07 Å². The van der Waals surface area contributed by atoms with E-state index in [0.717, 1.165) is 28.2 Å². The molecule has 0 aliphatic heterocycles. The van der Waals surface area contributed by atoms with Gasteiger partial charge in [0.05, 0.1) is 31.3 Å². The quantitative estimate of drug-likeness (QED) is 0.518. The maximum atomic E-state index is 13.3. The summed E-state index contributed by atoms with van der Waals surface area (Å²) >= 11 is 0. The van der Waals surface area contributed by atoms with Crippen molar-refractivity contribution in [1.29, 1.82) is 0 Å². The van der Waals surface area contributed by atoms with Crippen molar-refractivity contribution in [2.75, 3.05) is 13.7 Å². The van der Waals surface area contributed by atoms with E-state index < -0.39 is 0 Å². The molecule has 0 unspecified atom stereocenters. The van der Waals surface area contributed by atoms with Crippen LogP contribution in [-0.4, -0.2) is 40.2 Å². The largest absolute Gasteiger partial charge is 0.469 e. The van der Waals surface area contributed by atoms with E-state index >= 15 is 0 Å². The van der Waals surface area contributed by atoms with E-state index in [-0.39, 0.29) is 37.1 Å². The van der Waals surface area contributed by atoms with Crippen LogP contribution in [0.3, 0.4) is 0 Å². The Bertz CT molecular complexity index is 1050. The van der Waals surface area contributed by atoms with Gasteiger partial charge in [-0.1, -0.05) is 30.3 Å². The van der Waals surface area contributed by atoms with Gasteiger partial charge >= 0.3 is 5.97 Å². The molecule has 3 rings (SSSR count). The SMILES string of the molecule is COC(=O)CCN(Cc1ccccc1)C(=O)Cc1c(C)nn(-c2ccc(F)cc2)c1C. The van der Waals surface area contributed by atoms with Crippen LogP contribution in [0.1, 0.15) is 28.9 Å². The first-order valence-corrected chi connectivity index (χ1v) is 10.1. The van der Waals surface area contributed by atoms with Crippen molar-refractivity contribution in [1.82, 2.24) is 14.7 Å². The summed E-state index contributed by atoms with van der Waals surface area (Å²) < 4.78 is 19.7. The summed E-state index contributed by atoms with van der Waals surface area (Å²) in [7, 11) is 1.34. The fraction of sp³-hybridized carbons (Fsp3) is 0.292. The maximum absolute atomic E-state index is 13.3. The molecule has 0 spiro atoms. The summed E-state index contributed by atoms with van der Waals surface area (Å²) in [5, 5.41) is 4.54. The number of amides is 1. The second-order valence-electron chi connectivity index (χ2n) is 7.34. The number of esters is 1. The predicted molar refractivity (Wildman–Crippen MR) is 115 cm³/mol. The van der Waals surface area contributed by atoms with E-state index in [2.05, 4.69) is 5.10 Å². The Balaban J connectivity index is 1.81. The molecule has 0 aliphatic carbocycles. The van der Waals surface area contributed by atoms with Gasteiger partial charge in [-0.2, -0.15) is 5.10 Å². The van der Waals surface area contributed by atoms with Gasteiger partial charge in [0.15, 0.2) is 0 Å². The molecular formula is C24H26FN3O3. The number of hydrogen-bond donors (Lipinski definition) is 0. The molecule has 0 aliphatic rings. The normalized spacial score (nSPS) is 10.7. The fourth-order valence-corrected chi connectivity index (χ4v) is 3.45. The Morgan fingerprint density at radius 1 is 1.06 bits per heavy atom. The van der Waals surface area contributed by atoms with Crippen LogP contribution in [-0.2, 0) is 27.3 Å². The smallest absolute Gasteiger partial charge is 0.307 e. The highest BCUT2D eigenvalue weighted by Crippen LogP contribution is 2.20. The Kier molecular flexibility index (Phi) is 7.18. The topological polar surface area (TPSA) is 64.4 Å². The van der Waals surface area contributed by atoms with Crippen molar-refractivity contribution < 1.29 is 18.7 Å². The molecule has 0 fully saturated rings. The number of ether oxygens (including phenoxy) is 1. The number of halogens is 1. The van der Waals surface area contributed by atoms with Crippen LogP contribution >= 0.6 is 0 Å². The fourth-order valence-electron chi connectivity index (χ4n) is 3.45. The van der Waals surface area contributed by atoms with E-state index in [1.54, 1.807) is 21.7 Å². The van der Waals surface area contributed by atoms with Crippen LogP contribution < -0.4 is 0 Å². The Morgan fingerprint density at radius 2 is 1.74 bits per heavy atom. The molecule has 6 nitrogen and oxygen atoms in total. The molecule has 0 saturated carbocycles. The van der Waals surface area contributed by atoms with Crippen LogP contribution in [0.2, 0.25) is 0 Å². The maximum Gasteiger partial charge on any atom is 0.307 e. The van der Waals surface area contributed by atoms with Crippen LogP contribution in [0.25, 0.3) is 5.69 Å². The van der Waals surface area contributed by atoms with Crippen molar-refractivity contribution in [2.24, 2.45) is 0 Å². The third-order valence-electron chi connectivity index (χ3n) is 5.22. The molecule has 0 N–H and O–H groups in total. The van der Waals surface area contributed by atoms with E-state index in [9.17, 15) is 14.0 Å². The molecule has 0 radical (unpaired) electrons. The average Bonchev–Trinajstić information content (AvgIpc) is 3.05. The van der Waals surface area contributed by atoms with E-state index in [0.29, 0.717) is 6.54 Å². The molecule has 0 bridgehead atoms. The number of benzene rings is 2. The highest BCUT2D eigenvalue weighted by atomic mass is 19.1. The molecule has 0 saturated heterocycles. The first-order chi connectivity index (χ1) is 14.9. The van der Waals surface area contributed by atoms with Crippen molar-refractivity contribution >= 4 is 11.9 Å². The lowest BCUT2D eigenvalue weighted by Gasteiger charge is -2.22. The molecule has 31 heavy (non-hydrogen) atoms. The Morgan fingerprint density at radius 3 is 2.39 bits per heavy atom. The van der Waals surface area contributed by atoms with Crippen molar-refractivity contribution in [2.45, 2.75) is 33.2 Å². The predicted octanol–water partition coefficient (Wildman–Crippen LogP) is 3.76. The minimum Gasteiger partial charge on any atom is -0.469 e. The van der Waals surface area contributed by atoms with Crippen LogP contribution in [0, 0.1) is 19.7 Å². The lowest BCUT2D eigenvalue weighted by atomic mass is 10.1. The van der Waals surface area contributed by atoms with Crippen LogP contribution in [0.4, 0.5) is 4.39 Å². The molecule has 3 aromatic rings. The van der Waals surface area contributed by atoms with Crippen LogP contribution in [0.15, 0.2) is 54.6 Å². The van der Waals surface area contributed by atoms with E-state index in [4.69, 9.17) is 4.74 Å². The number of methoxy groups -OCH3 is 1. The van der Waals surface area contributed by atoms with Gasteiger partial charge in [-0.15, -0.1) is 0 Å². The lowest BCUT2D eigenvalue weighted by molar-refractivity contribution is -0.141. The van der Waals surface area contributed by atoms with Crippen molar-refractivity contribution in [3.63, 3.8) is 0 Å². The third-order valence-corrected chi connectivity index (χ3v) is 5.22. The summed E-state index contributed by atoms with van der Waals surface area (Å²) in [6.07, 6.45) is 0.286. The van der Waals surface area contributed by atoms with Gasteiger partial charge in [0.25, 0.3) is 0 Å². The lowest BCUT2D eigenvalue weighted by Crippen LogP contribution is -2.34. The van der Waals surface area contributed by atoms with Gasteiger partial charge in [0.1, 0.15) is 5.82 Å². The van der Waals surface area contributed by atoms with Gasteiger partial charge < -0.3 is 9.64 Å². The number of hydrogen-bond acceptors (Lipinski definition) is 4. The zero-order valence-electron chi connectivity index (χ0n) is 18.0.